The predicted octanol–water partition coefficient (Wildman–Crippen LogP) is 3.95. The van der Waals surface area contributed by atoms with Crippen molar-refractivity contribution in [3.8, 4) is 0 Å². The van der Waals surface area contributed by atoms with Gasteiger partial charge in [0.25, 0.3) is 0 Å². The lowest BCUT2D eigenvalue weighted by molar-refractivity contribution is 0.0728. The van der Waals surface area contributed by atoms with Crippen LogP contribution in [0.1, 0.15) is 44.6 Å². The van der Waals surface area contributed by atoms with Crippen molar-refractivity contribution in [1.82, 2.24) is 0 Å². The van der Waals surface area contributed by atoms with Crippen LogP contribution in [-0.2, 0) is 6.42 Å². The molecule has 1 aromatic carbocycles. The van der Waals surface area contributed by atoms with Crippen molar-refractivity contribution < 1.29 is 9.50 Å². The van der Waals surface area contributed by atoms with Gasteiger partial charge in [-0.25, -0.2) is 4.39 Å². The van der Waals surface area contributed by atoms with E-state index in [1.54, 1.807) is 12.1 Å². The maximum atomic E-state index is 13.5. The summed E-state index contributed by atoms with van der Waals surface area (Å²) in [5.74, 6) is 0.994. The molecule has 0 amide bonds. The summed E-state index contributed by atoms with van der Waals surface area (Å²) in [7, 11) is 0. The van der Waals surface area contributed by atoms with Gasteiger partial charge < -0.3 is 5.11 Å². The SMILES string of the molecule is CCC1CCC(C(O)Cc2ccccc2F)CC1. The lowest BCUT2D eigenvalue weighted by atomic mass is 9.77. The Morgan fingerprint density at radius 1 is 1.22 bits per heavy atom. The fourth-order valence-corrected chi connectivity index (χ4v) is 3.04. The van der Waals surface area contributed by atoms with Crippen LogP contribution < -0.4 is 0 Å². The van der Waals surface area contributed by atoms with Gasteiger partial charge in [0.1, 0.15) is 5.82 Å². The molecule has 2 rings (SSSR count). The van der Waals surface area contributed by atoms with Crippen LogP contribution in [0.3, 0.4) is 0 Å². The zero-order chi connectivity index (χ0) is 13.0. The van der Waals surface area contributed by atoms with Crippen molar-refractivity contribution in [3.05, 3.63) is 35.6 Å². The Balaban J connectivity index is 1.89. The number of aliphatic hydroxyl groups excluding tert-OH is 1. The Morgan fingerprint density at radius 3 is 2.50 bits per heavy atom. The average molecular weight is 250 g/mol. The first-order valence-corrected chi connectivity index (χ1v) is 7.12. The van der Waals surface area contributed by atoms with E-state index >= 15 is 0 Å². The minimum Gasteiger partial charge on any atom is -0.392 e. The summed E-state index contributed by atoms with van der Waals surface area (Å²) >= 11 is 0. The molecule has 18 heavy (non-hydrogen) atoms. The van der Waals surface area contributed by atoms with Gasteiger partial charge in [-0.15, -0.1) is 0 Å². The van der Waals surface area contributed by atoms with E-state index in [4.69, 9.17) is 0 Å². The molecule has 0 saturated heterocycles. The maximum absolute atomic E-state index is 13.5. The summed E-state index contributed by atoms with van der Waals surface area (Å²) < 4.78 is 13.5. The van der Waals surface area contributed by atoms with Crippen molar-refractivity contribution in [2.75, 3.05) is 0 Å². The topological polar surface area (TPSA) is 20.2 Å². The number of hydrogen-bond donors (Lipinski definition) is 1. The summed E-state index contributed by atoms with van der Waals surface area (Å²) in [4.78, 5) is 0. The van der Waals surface area contributed by atoms with Gasteiger partial charge in [0.2, 0.25) is 0 Å². The van der Waals surface area contributed by atoms with Crippen molar-refractivity contribution >= 4 is 0 Å². The molecule has 0 aromatic heterocycles. The Morgan fingerprint density at radius 2 is 1.89 bits per heavy atom. The number of hydrogen-bond acceptors (Lipinski definition) is 1. The standard InChI is InChI=1S/C16H23FO/c1-2-12-7-9-13(10-8-12)16(18)11-14-5-3-4-6-15(14)17/h3-6,12-13,16,18H,2,7-11H2,1H3. The van der Waals surface area contributed by atoms with Gasteiger partial charge in [-0.3, -0.25) is 0 Å². The highest BCUT2D eigenvalue weighted by Crippen LogP contribution is 2.33. The molecule has 1 fully saturated rings. The Bertz CT molecular complexity index is 369. The molecule has 1 N–H and O–H groups in total. The third-order valence-corrected chi connectivity index (χ3v) is 4.40. The summed E-state index contributed by atoms with van der Waals surface area (Å²) in [5, 5.41) is 10.2. The molecule has 1 aliphatic carbocycles. The molecular formula is C16H23FO. The summed E-state index contributed by atoms with van der Waals surface area (Å²) in [5.41, 5.74) is 0.641. The molecule has 1 atom stereocenters. The fourth-order valence-electron chi connectivity index (χ4n) is 3.04. The number of benzene rings is 1. The molecule has 100 valence electrons. The normalized spacial score (nSPS) is 25.9. The second-order valence-corrected chi connectivity index (χ2v) is 5.55. The third kappa shape index (κ3) is 3.32. The number of rotatable bonds is 4. The Hall–Kier alpha value is -0.890. The molecule has 0 bridgehead atoms. The number of halogens is 1. The van der Waals surface area contributed by atoms with Crippen LogP contribution in [0.4, 0.5) is 4.39 Å². The zero-order valence-electron chi connectivity index (χ0n) is 11.1. The molecular weight excluding hydrogens is 227 g/mol. The lowest BCUT2D eigenvalue weighted by Gasteiger charge is -2.31. The monoisotopic (exact) mass is 250 g/mol. The van der Waals surface area contributed by atoms with E-state index in [9.17, 15) is 9.50 Å². The minimum atomic E-state index is -0.389. The molecule has 1 saturated carbocycles. The first-order valence-electron chi connectivity index (χ1n) is 7.12. The van der Waals surface area contributed by atoms with Crippen molar-refractivity contribution in [2.24, 2.45) is 11.8 Å². The van der Waals surface area contributed by atoms with E-state index in [1.165, 1.54) is 25.3 Å². The highest BCUT2D eigenvalue weighted by Gasteiger charge is 2.26. The molecule has 0 heterocycles. The Kier molecular flexibility index (Phi) is 4.76. The molecule has 0 spiro atoms. The van der Waals surface area contributed by atoms with Crippen molar-refractivity contribution in [2.45, 2.75) is 51.6 Å². The second-order valence-electron chi connectivity index (χ2n) is 5.55. The molecule has 0 radical (unpaired) electrons. The first-order chi connectivity index (χ1) is 8.70. The molecule has 1 aromatic rings. The van der Waals surface area contributed by atoms with Gasteiger partial charge in [-0.05, 0) is 36.3 Å². The van der Waals surface area contributed by atoms with Crippen LogP contribution in [0.15, 0.2) is 24.3 Å². The molecule has 2 heteroatoms. The molecule has 1 aliphatic rings. The highest BCUT2D eigenvalue weighted by molar-refractivity contribution is 5.18. The van der Waals surface area contributed by atoms with Crippen LogP contribution >= 0.6 is 0 Å². The van der Waals surface area contributed by atoms with Crippen LogP contribution in [0, 0.1) is 17.7 Å². The quantitative estimate of drug-likeness (QED) is 0.858. The number of aliphatic hydroxyl groups is 1. The molecule has 0 aliphatic heterocycles. The van der Waals surface area contributed by atoms with E-state index in [0.29, 0.717) is 17.9 Å². The van der Waals surface area contributed by atoms with E-state index in [-0.39, 0.29) is 11.9 Å². The van der Waals surface area contributed by atoms with Crippen molar-refractivity contribution in [1.29, 1.82) is 0 Å². The summed E-state index contributed by atoms with van der Waals surface area (Å²) in [6, 6.07) is 6.77. The van der Waals surface area contributed by atoms with Gasteiger partial charge in [0.05, 0.1) is 6.10 Å². The van der Waals surface area contributed by atoms with Gasteiger partial charge in [0, 0.05) is 6.42 Å². The van der Waals surface area contributed by atoms with Crippen LogP contribution in [-0.4, -0.2) is 11.2 Å². The van der Waals surface area contributed by atoms with Crippen LogP contribution in [0.5, 0.6) is 0 Å². The maximum Gasteiger partial charge on any atom is 0.126 e. The average Bonchev–Trinajstić information content (AvgIpc) is 2.41. The summed E-state index contributed by atoms with van der Waals surface area (Å²) in [6.45, 7) is 2.24. The smallest absolute Gasteiger partial charge is 0.126 e. The highest BCUT2D eigenvalue weighted by atomic mass is 19.1. The predicted molar refractivity (Wildman–Crippen MR) is 71.8 cm³/mol. The van der Waals surface area contributed by atoms with E-state index in [2.05, 4.69) is 6.92 Å². The van der Waals surface area contributed by atoms with E-state index in [1.807, 2.05) is 6.07 Å². The van der Waals surface area contributed by atoms with E-state index < -0.39 is 0 Å². The van der Waals surface area contributed by atoms with Crippen LogP contribution in [0.25, 0.3) is 0 Å². The van der Waals surface area contributed by atoms with Gasteiger partial charge >= 0.3 is 0 Å². The molecule has 1 unspecified atom stereocenters. The first kappa shape index (κ1) is 13.5. The van der Waals surface area contributed by atoms with E-state index in [0.717, 1.165) is 18.8 Å². The molecule has 1 nitrogen and oxygen atoms in total. The minimum absolute atomic E-state index is 0.196. The lowest BCUT2D eigenvalue weighted by Crippen LogP contribution is -2.27. The van der Waals surface area contributed by atoms with Gasteiger partial charge in [-0.1, -0.05) is 44.4 Å². The third-order valence-electron chi connectivity index (χ3n) is 4.40. The second kappa shape index (κ2) is 6.33. The summed E-state index contributed by atoms with van der Waals surface area (Å²) in [6.07, 6.45) is 5.93. The zero-order valence-corrected chi connectivity index (χ0v) is 11.1. The van der Waals surface area contributed by atoms with Crippen molar-refractivity contribution in [3.63, 3.8) is 0 Å². The van der Waals surface area contributed by atoms with Gasteiger partial charge in [0.15, 0.2) is 0 Å². The van der Waals surface area contributed by atoms with Crippen LogP contribution in [0.2, 0.25) is 0 Å². The largest absolute Gasteiger partial charge is 0.392 e. The van der Waals surface area contributed by atoms with Gasteiger partial charge in [-0.2, -0.15) is 0 Å². The Labute approximate surface area is 109 Å². The fraction of sp³-hybridized carbons (Fsp3) is 0.625.